The van der Waals surface area contributed by atoms with Gasteiger partial charge in [-0.1, -0.05) is 36.4 Å². The fourth-order valence-electron chi connectivity index (χ4n) is 3.93. The molecule has 2 N–H and O–H groups in total. The maximum atomic E-state index is 12.5. The number of carbonyl (C=O) groups is 1. The average molecular weight is 454 g/mol. The van der Waals surface area contributed by atoms with Gasteiger partial charge in [-0.15, -0.1) is 10.2 Å². The predicted molar refractivity (Wildman–Crippen MR) is 125 cm³/mol. The van der Waals surface area contributed by atoms with Crippen LogP contribution in [0, 0.1) is 0 Å². The summed E-state index contributed by atoms with van der Waals surface area (Å²) in [7, 11) is -3.26. The van der Waals surface area contributed by atoms with E-state index >= 15 is 0 Å². The first-order chi connectivity index (χ1) is 15.1. The summed E-state index contributed by atoms with van der Waals surface area (Å²) in [6.07, 6.45) is 1.19. The molecule has 1 saturated heterocycles. The lowest BCUT2D eigenvalue weighted by Crippen LogP contribution is -2.57. The number of amides is 1. The Balaban J connectivity index is 1.64. The van der Waals surface area contributed by atoms with Gasteiger partial charge >= 0.3 is 0 Å². The van der Waals surface area contributed by atoms with E-state index in [1.165, 1.54) is 6.26 Å². The van der Waals surface area contributed by atoms with Crippen molar-refractivity contribution in [2.45, 2.75) is 24.3 Å². The zero-order chi connectivity index (χ0) is 23.1. The van der Waals surface area contributed by atoms with Gasteiger partial charge in [0, 0.05) is 48.8 Å². The van der Waals surface area contributed by atoms with E-state index in [0.717, 1.165) is 22.2 Å². The summed E-state index contributed by atoms with van der Waals surface area (Å²) < 4.78 is 23.5. The smallest absolute Gasteiger partial charge is 0.242 e. The molecule has 0 saturated carbocycles. The summed E-state index contributed by atoms with van der Waals surface area (Å²) in [5.41, 5.74) is 6.59. The van der Waals surface area contributed by atoms with Gasteiger partial charge in [-0.05, 0) is 26.0 Å². The Morgan fingerprint density at radius 1 is 0.938 bits per heavy atom. The Morgan fingerprint density at radius 2 is 1.53 bits per heavy atom. The number of anilines is 1. The van der Waals surface area contributed by atoms with E-state index < -0.39 is 15.4 Å². The number of piperazine rings is 1. The SMILES string of the molecule is CC(C)(N)C(=O)N1CCN(c2nnc(-c3ccc(S(C)(=O)=O)cc3)c3ccccc23)CC1. The minimum Gasteiger partial charge on any atom is -0.351 e. The van der Waals surface area contributed by atoms with Crippen molar-refractivity contribution in [2.24, 2.45) is 5.73 Å². The molecule has 0 bridgehead atoms. The van der Waals surface area contributed by atoms with Crippen LogP contribution < -0.4 is 10.6 Å². The maximum Gasteiger partial charge on any atom is 0.242 e. The van der Waals surface area contributed by atoms with Crippen molar-refractivity contribution in [3.05, 3.63) is 48.5 Å². The third kappa shape index (κ3) is 4.31. The zero-order valence-electron chi connectivity index (χ0n) is 18.4. The number of hydrogen-bond acceptors (Lipinski definition) is 7. The second kappa shape index (κ2) is 8.14. The summed E-state index contributed by atoms with van der Waals surface area (Å²) in [6.45, 7) is 5.88. The number of hydrogen-bond donors (Lipinski definition) is 1. The molecule has 1 fully saturated rings. The Labute approximate surface area is 188 Å². The third-order valence-corrected chi connectivity index (χ3v) is 6.77. The largest absolute Gasteiger partial charge is 0.351 e. The zero-order valence-corrected chi connectivity index (χ0v) is 19.3. The van der Waals surface area contributed by atoms with Crippen LogP contribution in [0.3, 0.4) is 0 Å². The molecule has 4 rings (SSSR count). The highest BCUT2D eigenvalue weighted by Crippen LogP contribution is 2.32. The van der Waals surface area contributed by atoms with Crippen LogP contribution in [0.1, 0.15) is 13.8 Å². The van der Waals surface area contributed by atoms with Crippen LogP contribution in [0.15, 0.2) is 53.4 Å². The van der Waals surface area contributed by atoms with E-state index in [0.29, 0.717) is 31.9 Å². The van der Waals surface area contributed by atoms with Gasteiger partial charge in [0.25, 0.3) is 0 Å². The number of fused-ring (bicyclic) bond motifs is 1. The van der Waals surface area contributed by atoms with E-state index in [1.54, 1.807) is 43.0 Å². The first-order valence-corrected chi connectivity index (χ1v) is 12.3. The molecule has 0 spiro atoms. The van der Waals surface area contributed by atoms with Crippen LogP contribution in [0.4, 0.5) is 5.82 Å². The Kier molecular flexibility index (Phi) is 5.64. The summed E-state index contributed by atoms with van der Waals surface area (Å²) in [6, 6.07) is 14.6. The molecular weight excluding hydrogens is 426 g/mol. The molecule has 1 aliphatic heterocycles. The molecule has 8 nitrogen and oxygen atoms in total. The fourth-order valence-corrected chi connectivity index (χ4v) is 4.56. The van der Waals surface area contributed by atoms with Gasteiger partial charge in [-0.25, -0.2) is 8.42 Å². The molecule has 2 aromatic carbocycles. The molecule has 0 unspecified atom stereocenters. The average Bonchev–Trinajstić information content (AvgIpc) is 2.77. The highest BCUT2D eigenvalue weighted by Gasteiger charge is 2.31. The van der Waals surface area contributed by atoms with Gasteiger partial charge in [-0.2, -0.15) is 0 Å². The molecule has 1 aliphatic rings. The fraction of sp³-hybridized carbons (Fsp3) is 0.348. The topological polar surface area (TPSA) is 109 Å². The van der Waals surface area contributed by atoms with Crippen LogP contribution >= 0.6 is 0 Å². The first kappa shape index (κ1) is 22.2. The monoisotopic (exact) mass is 453 g/mol. The Bertz CT molecular complexity index is 1260. The molecule has 3 aromatic rings. The molecule has 0 aliphatic carbocycles. The standard InChI is InChI=1S/C23H27N5O3S/c1-23(2,24)22(29)28-14-12-27(13-15-28)21-19-7-5-4-6-18(19)20(25-26-21)16-8-10-17(11-9-16)32(3,30)31/h4-11H,12-15,24H2,1-3H3. The van der Waals surface area contributed by atoms with Gasteiger partial charge in [0.2, 0.25) is 5.91 Å². The summed E-state index contributed by atoms with van der Waals surface area (Å²) in [5, 5.41) is 10.9. The predicted octanol–water partition coefficient (Wildman–Crippen LogP) is 2.09. The number of nitrogens with two attached hydrogens (primary N) is 1. The number of sulfone groups is 1. The molecule has 1 aromatic heterocycles. The molecule has 168 valence electrons. The van der Waals surface area contributed by atoms with Gasteiger partial charge in [-0.3, -0.25) is 4.79 Å². The van der Waals surface area contributed by atoms with Crippen molar-refractivity contribution in [1.82, 2.24) is 15.1 Å². The summed E-state index contributed by atoms with van der Waals surface area (Å²) >= 11 is 0. The third-order valence-electron chi connectivity index (χ3n) is 5.64. The quantitative estimate of drug-likeness (QED) is 0.644. The van der Waals surface area contributed by atoms with Crippen molar-refractivity contribution in [3.8, 4) is 11.3 Å². The van der Waals surface area contributed by atoms with Crippen LogP contribution in [-0.4, -0.2) is 67.4 Å². The number of rotatable bonds is 4. The lowest BCUT2D eigenvalue weighted by molar-refractivity contribution is -0.136. The van der Waals surface area contributed by atoms with Crippen LogP contribution in [0.5, 0.6) is 0 Å². The lowest BCUT2D eigenvalue weighted by Gasteiger charge is -2.38. The van der Waals surface area contributed by atoms with E-state index in [-0.39, 0.29) is 10.8 Å². The highest BCUT2D eigenvalue weighted by molar-refractivity contribution is 7.90. The van der Waals surface area contributed by atoms with Crippen molar-refractivity contribution < 1.29 is 13.2 Å². The minimum atomic E-state index is -3.26. The molecule has 32 heavy (non-hydrogen) atoms. The van der Waals surface area contributed by atoms with Crippen LogP contribution in [0.2, 0.25) is 0 Å². The summed E-state index contributed by atoms with van der Waals surface area (Å²) in [5.74, 6) is 0.720. The number of benzene rings is 2. The van der Waals surface area contributed by atoms with Crippen molar-refractivity contribution in [1.29, 1.82) is 0 Å². The normalized spacial score (nSPS) is 15.2. The molecule has 9 heteroatoms. The first-order valence-electron chi connectivity index (χ1n) is 10.4. The Hall–Kier alpha value is -3.04. The van der Waals surface area contributed by atoms with Gasteiger partial charge < -0.3 is 15.5 Å². The van der Waals surface area contributed by atoms with E-state index in [1.807, 2.05) is 24.3 Å². The second-order valence-corrected chi connectivity index (χ2v) is 10.7. The van der Waals surface area contributed by atoms with E-state index in [9.17, 15) is 13.2 Å². The molecular formula is C23H27N5O3S. The second-order valence-electron chi connectivity index (χ2n) is 8.72. The lowest BCUT2D eigenvalue weighted by atomic mass is 10.0. The van der Waals surface area contributed by atoms with E-state index in [2.05, 4.69) is 15.1 Å². The van der Waals surface area contributed by atoms with Gasteiger partial charge in [0.1, 0.15) is 5.69 Å². The summed E-state index contributed by atoms with van der Waals surface area (Å²) in [4.78, 5) is 16.7. The number of carbonyl (C=O) groups excluding carboxylic acids is 1. The minimum absolute atomic E-state index is 0.0546. The van der Waals surface area contributed by atoms with E-state index in [4.69, 9.17) is 5.73 Å². The number of aromatic nitrogens is 2. The van der Waals surface area contributed by atoms with Crippen LogP contribution in [-0.2, 0) is 14.6 Å². The Morgan fingerprint density at radius 3 is 2.09 bits per heavy atom. The maximum absolute atomic E-state index is 12.5. The highest BCUT2D eigenvalue weighted by atomic mass is 32.2. The van der Waals surface area contributed by atoms with Gasteiger partial charge in [0.05, 0.1) is 10.4 Å². The molecule has 0 radical (unpaired) electrons. The van der Waals surface area contributed by atoms with Gasteiger partial charge in [0.15, 0.2) is 15.7 Å². The molecule has 0 atom stereocenters. The number of nitrogens with zero attached hydrogens (tertiary/aromatic N) is 4. The van der Waals surface area contributed by atoms with Crippen molar-refractivity contribution in [2.75, 3.05) is 37.3 Å². The molecule has 1 amide bonds. The molecule has 2 heterocycles. The van der Waals surface area contributed by atoms with Crippen LogP contribution in [0.25, 0.3) is 22.0 Å². The van der Waals surface area contributed by atoms with Crippen molar-refractivity contribution >= 4 is 32.3 Å². The van der Waals surface area contributed by atoms with Crippen molar-refractivity contribution in [3.63, 3.8) is 0 Å².